The Kier molecular flexibility index (Phi) is 7.01. The van der Waals surface area contributed by atoms with E-state index >= 15 is 0 Å². The second-order valence-corrected chi connectivity index (χ2v) is 10.1. The summed E-state index contributed by atoms with van der Waals surface area (Å²) in [4.78, 5) is 20.8. The Morgan fingerprint density at radius 1 is 0.972 bits per heavy atom. The van der Waals surface area contributed by atoms with Crippen LogP contribution in [0.15, 0.2) is 72.4 Å². The van der Waals surface area contributed by atoms with E-state index in [2.05, 4.69) is 47.1 Å². The molecule has 2 aliphatic heterocycles. The number of nitrogens with zero attached hydrogens (tertiary/aromatic N) is 2. The van der Waals surface area contributed by atoms with Gasteiger partial charge in [0.2, 0.25) is 0 Å². The van der Waals surface area contributed by atoms with Gasteiger partial charge in [0.15, 0.2) is 0 Å². The van der Waals surface area contributed by atoms with E-state index in [0.717, 1.165) is 29.5 Å². The van der Waals surface area contributed by atoms with Gasteiger partial charge >= 0.3 is 0 Å². The maximum atomic E-state index is 12.9. The van der Waals surface area contributed by atoms with Gasteiger partial charge in [-0.2, -0.15) is 0 Å². The highest BCUT2D eigenvalue weighted by molar-refractivity contribution is 5.95. The standard InChI is InChI=1S/C31H37N3O2/c1-4-33(5-2)31(36)23-13-11-22(12-14-23)30(24-8-6-9-28(35)20-24)25-18-26-15-16-27(19-25)34(26)21(3)29-10-7-17-32-29/h6-14,17,20-21,26-27,32,35H,4-5,15-16,18-19H2,1-3H3. The number of benzene rings is 2. The molecule has 0 spiro atoms. The minimum atomic E-state index is 0.0720. The highest BCUT2D eigenvalue weighted by atomic mass is 16.3. The molecule has 3 aromatic rings. The van der Waals surface area contributed by atoms with Gasteiger partial charge in [-0.1, -0.05) is 29.8 Å². The van der Waals surface area contributed by atoms with Gasteiger partial charge in [0.1, 0.15) is 5.75 Å². The molecule has 3 unspecified atom stereocenters. The molecule has 0 saturated carbocycles. The van der Waals surface area contributed by atoms with Crippen molar-refractivity contribution in [1.29, 1.82) is 0 Å². The lowest BCUT2D eigenvalue weighted by Crippen LogP contribution is -2.42. The fourth-order valence-electron chi connectivity index (χ4n) is 6.36. The number of fused-ring (bicyclic) bond motifs is 2. The topological polar surface area (TPSA) is 59.6 Å². The molecule has 3 heterocycles. The van der Waals surface area contributed by atoms with Crippen molar-refractivity contribution in [2.45, 2.75) is 64.6 Å². The monoisotopic (exact) mass is 483 g/mol. The highest BCUT2D eigenvalue weighted by Crippen LogP contribution is 2.46. The molecule has 0 radical (unpaired) electrons. The van der Waals surface area contributed by atoms with Gasteiger partial charge in [0.05, 0.1) is 0 Å². The van der Waals surface area contributed by atoms with Crippen LogP contribution in [0.2, 0.25) is 0 Å². The molecular weight excluding hydrogens is 446 g/mol. The summed E-state index contributed by atoms with van der Waals surface area (Å²) < 4.78 is 0. The van der Waals surface area contributed by atoms with Crippen molar-refractivity contribution >= 4 is 11.5 Å². The predicted octanol–water partition coefficient (Wildman–Crippen LogP) is 6.39. The van der Waals surface area contributed by atoms with Crippen molar-refractivity contribution in [2.75, 3.05) is 13.1 Å². The normalized spacial score (nSPS) is 20.4. The molecule has 0 aliphatic carbocycles. The van der Waals surface area contributed by atoms with Crippen molar-refractivity contribution in [3.63, 3.8) is 0 Å². The maximum Gasteiger partial charge on any atom is 0.253 e. The Hall–Kier alpha value is -3.31. The zero-order valence-electron chi connectivity index (χ0n) is 21.6. The summed E-state index contributed by atoms with van der Waals surface area (Å²) >= 11 is 0. The minimum Gasteiger partial charge on any atom is -0.508 e. The van der Waals surface area contributed by atoms with Gasteiger partial charge in [-0.15, -0.1) is 0 Å². The van der Waals surface area contributed by atoms with E-state index in [0.29, 0.717) is 31.2 Å². The van der Waals surface area contributed by atoms with E-state index in [9.17, 15) is 9.90 Å². The van der Waals surface area contributed by atoms with E-state index in [-0.39, 0.29) is 11.7 Å². The number of hydrogen-bond acceptors (Lipinski definition) is 3. The Balaban J connectivity index is 1.50. The number of H-pyrrole nitrogens is 1. The van der Waals surface area contributed by atoms with Gasteiger partial charge in [-0.25, -0.2) is 0 Å². The first-order chi connectivity index (χ1) is 17.5. The zero-order chi connectivity index (χ0) is 25.2. The molecule has 5 nitrogen and oxygen atoms in total. The van der Waals surface area contributed by atoms with Gasteiger partial charge < -0.3 is 15.0 Å². The van der Waals surface area contributed by atoms with E-state index in [1.165, 1.54) is 29.7 Å². The zero-order valence-corrected chi connectivity index (χ0v) is 21.6. The molecule has 2 saturated heterocycles. The molecule has 3 atom stereocenters. The first-order valence-corrected chi connectivity index (χ1v) is 13.3. The molecule has 188 valence electrons. The van der Waals surface area contributed by atoms with Gasteiger partial charge in [0, 0.05) is 48.7 Å². The number of rotatable bonds is 7. The molecule has 2 aliphatic rings. The smallest absolute Gasteiger partial charge is 0.253 e. The summed E-state index contributed by atoms with van der Waals surface area (Å²) in [6.45, 7) is 7.74. The van der Waals surface area contributed by atoms with Crippen LogP contribution in [0.5, 0.6) is 5.75 Å². The maximum absolute atomic E-state index is 12.9. The second kappa shape index (κ2) is 10.4. The van der Waals surface area contributed by atoms with Crippen LogP contribution in [0.25, 0.3) is 5.57 Å². The molecular formula is C31H37N3O2. The number of hydrogen-bond donors (Lipinski definition) is 2. The summed E-state index contributed by atoms with van der Waals surface area (Å²) in [6.07, 6.45) is 6.48. The van der Waals surface area contributed by atoms with Crippen LogP contribution in [-0.2, 0) is 0 Å². The Morgan fingerprint density at radius 2 is 1.64 bits per heavy atom. The SMILES string of the molecule is CCN(CC)C(=O)c1ccc(C(=C2CC3CCC(C2)N3C(C)c2ccc[nH]2)c2cccc(O)c2)cc1. The molecule has 2 aromatic carbocycles. The number of aromatic nitrogens is 1. The van der Waals surface area contributed by atoms with Crippen LogP contribution >= 0.6 is 0 Å². The number of phenols is 1. The number of phenolic OH excluding ortho intramolecular Hbond substituents is 1. The third-order valence-electron chi connectivity index (χ3n) is 8.12. The highest BCUT2D eigenvalue weighted by Gasteiger charge is 2.42. The number of nitrogens with one attached hydrogen (secondary N) is 1. The van der Waals surface area contributed by atoms with Crippen LogP contribution < -0.4 is 0 Å². The summed E-state index contributed by atoms with van der Waals surface area (Å²) in [5.41, 5.74) is 6.80. The van der Waals surface area contributed by atoms with Crippen LogP contribution in [0.4, 0.5) is 0 Å². The summed E-state index contributed by atoms with van der Waals surface area (Å²) in [6, 6.07) is 21.3. The van der Waals surface area contributed by atoms with E-state index in [1.54, 1.807) is 6.07 Å². The number of carbonyl (C=O) groups excluding carboxylic acids is 1. The Labute approximate surface area is 214 Å². The van der Waals surface area contributed by atoms with Crippen molar-refractivity contribution in [3.05, 3.63) is 94.8 Å². The van der Waals surface area contributed by atoms with Crippen molar-refractivity contribution in [3.8, 4) is 5.75 Å². The third-order valence-corrected chi connectivity index (χ3v) is 8.12. The number of aromatic amines is 1. The lowest BCUT2D eigenvalue weighted by molar-refractivity contribution is 0.0773. The van der Waals surface area contributed by atoms with Crippen LogP contribution in [-0.4, -0.2) is 51.0 Å². The fourth-order valence-corrected chi connectivity index (χ4v) is 6.36. The summed E-state index contributed by atoms with van der Waals surface area (Å²) in [5.74, 6) is 0.350. The van der Waals surface area contributed by atoms with Gasteiger partial charge in [-0.3, -0.25) is 9.69 Å². The van der Waals surface area contributed by atoms with Crippen molar-refractivity contribution < 1.29 is 9.90 Å². The van der Waals surface area contributed by atoms with E-state index < -0.39 is 0 Å². The lowest BCUT2D eigenvalue weighted by atomic mass is 9.84. The number of piperidine rings is 1. The number of amides is 1. The number of aromatic hydroxyl groups is 1. The minimum absolute atomic E-state index is 0.0720. The summed E-state index contributed by atoms with van der Waals surface area (Å²) in [7, 11) is 0. The first-order valence-electron chi connectivity index (χ1n) is 13.3. The lowest BCUT2D eigenvalue weighted by Gasteiger charge is -2.41. The molecule has 2 fully saturated rings. The van der Waals surface area contributed by atoms with Gasteiger partial charge in [-0.05, 0) is 99.6 Å². The average Bonchev–Trinajstić information content (AvgIpc) is 3.52. The molecule has 5 heteroatoms. The quantitative estimate of drug-likeness (QED) is 0.409. The van der Waals surface area contributed by atoms with Crippen LogP contribution in [0, 0.1) is 0 Å². The van der Waals surface area contributed by atoms with Crippen LogP contribution in [0.3, 0.4) is 0 Å². The van der Waals surface area contributed by atoms with Crippen LogP contribution in [0.1, 0.15) is 79.7 Å². The molecule has 5 rings (SSSR count). The molecule has 2 bridgehead atoms. The van der Waals surface area contributed by atoms with E-state index in [4.69, 9.17) is 0 Å². The van der Waals surface area contributed by atoms with E-state index in [1.807, 2.05) is 49.2 Å². The first kappa shape index (κ1) is 24.4. The second-order valence-electron chi connectivity index (χ2n) is 10.1. The van der Waals surface area contributed by atoms with Gasteiger partial charge in [0.25, 0.3) is 5.91 Å². The summed E-state index contributed by atoms with van der Waals surface area (Å²) in [5, 5.41) is 10.3. The van der Waals surface area contributed by atoms with Crippen molar-refractivity contribution in [1.82, 2.24) is 14.8 Å². The molecule has 1 aromatic heterocycles. The Morgan fingerprint density at radius 3 is 2.22 bits per heavy atom. The fraction of sp³-hybridized carbons (Fsp3) is 0.387. The van der Waals surface area contributed by atoms with Crippen molar-refractivity contribution in [2.24, 2.45) is 0 Å². The Bertz CT molecular complexity index is 1210. The largest absolute Gasteiger partial charge is 0.508 e. The molecule has 2 N–H and O–H groups in total. The average molecular weight is 484 g/mol. The molecule has 36 heavy (non-hydrogen) atoms. The third kappa shape index (κ3) is 4.60. The predicted molar refractivity (Wildman–Crippen MR) is 145 cm³/mol. The molecule has 1 amide bonds. The number of carbonyl (C=O) groups is 1.